The molecule has 3 aliphatic rings. The van der Waals surface area contributed by atoms with Gasteiger partial charge < -0.3 is 14.9 Å². The van der Waals surface area contributed by atoms with E-state index in [0.29, 0.717) is 68.0 Å². The molecule has 0 spiro atoms. The molecule has 252 valence electrons. The van der Waals surface area contributed by atoms with Crippen molar-refractivity contribution in [3.8, 4) is 11.3 Å². The molecule has 0 aliphatic carbocycles. The minimum absolute atomic E-state index is 0.0709. The van der Waals surface area contributed by atoms with Crippen molar-refractivity contribution in [3.05, 3.63) is 35.0 Å². The molecular formula is C31H45F4N5O3S2. The second kappa shape index (κ2) is 14.6. The van der Waals surface area contributed by atoms with Gasteiger partial charge in [0.2, 0.25) is 10.0 Å². The minimum atomic E-state index is -4.55. The van der Waals surface area contributed by atoms with E-state index in [0.717, 1.165) is 49.5 Å². The van der Waals surface area contributed by atoms with E-state index in [1.165, 1.54) is 22.9 Å². The van der Waals surface area contributed by atoms with Crippen LogP contribution in [-0.2, 0) is 35.7 Å². The van der Waals surface area contributed by atoms with Crippen LogP contribution in [0.5, 0.6) is 0 Å². The molecule has 0 bridgehead atoms. The van der Waals surface area contributed by atoms with Crippen LogP contribution in [0.25, 0.3) is 11.3 Å². The fourth-order valence-corrected chi connectivity index (χ4v) is 8.86. The molecule has 5 rings (SSSR count). The number of hydrogen-bond donors (Lipinski definition) is 1. The number of hydrogen-bond acceptors (Lipinski definition) is 7. The van der Waals surface area contributed by atoms with Crippen LogP contribution in [0.15, 0.2) is 23.1 Å². The molecule has 8 nitrogen and oxygen atoms in total. The van der Waals surface area contributed by atoms with Gasteiger partial charge in [0.15, 0.2) is 0 Å². The molecule has 0 unspecified atom stereocenters. The number of likely N-dealkylation sites (tertiary alicyclic amines) is 2. The lowest BCUT2D eigenvalue weighted by Crippen LogP contribution is -2.41. The normalized spacial score (nSPS) is 20.5. The molecule has 1 aromatic heterocycles. The third-order valence-corrected chi connectivity index (χ3v) is 12.4. The molecule has 2 saturated heterocycles. The number of thioether (sulfide) groups is 1. The lowest BCUT2D eigenvalue weighted by molar-refractivity contribution is -0.139. The van der Waals surface area contributed by atoms with Crippen LogP contribution in [-0.4, -0.2) is 107 Å². The van der Waals surface area contributed by atoms with E-state index in [4.69, 9.17) is 5.10 Å². The molecule has 1 aromatic carbocycles. The SMILES string of the molecule is CC(C)S(=O)(=O)N1CCc2c(c(-c3ccc(C(F)(F)F)c(SCCN4CCC(F)CC4)c3)nn2C[C@@H](O)CN2CCCCC2)C1. The Morgan fingerprint density at radius 1 is 1.02 bits per heavy atom. The van der Waals surface area contributed by atoms with Gasteiger partial charge in [-0.05, 0) is 64.8 Å². The predicted molar refractivity (Wildman–Crippen MR) is 168 cm³/mol. The molecule has 1 N–H and O–H groups in total. The quantitative estimate of drug-likeness (QED) is 0.264. The fourth-order valence-electron chi connectivity index (χ4n) is 6.49. The smallest absolute Gasteiger partial charge is 0.390 e. The summed E-state index contributed by atoms with van der Waals surface area (Å²) in [5, 5.41) is 15.2. The standard InChI is InChI=1S/C31H45F4N5O3S2/c1-22(2)45(42,43)39-15-10-28-26(21-39)30(36-40(28)20-25(41)19-38-11-4-3-5-12-38)23-6-7-27(31(33,34)35)29(18-23)44-17-16-37-13-8-24(32)9-14-37/h6-7,18,22,24-25,41H,3-5,8-17,19-21H2,1-2H3/t25-/m0/s1. The summed E-state index contributed by atoms with van der Waals surface area (Å²) < 4.78 is 85.2. The maximum Gasteiger partial charge on any atom is 0.417 e. The Labute approximate surface area is 268 Å². The van der Waals surface area contributed by atoms with Gasteiger partial charge in [-0.1, -0.05) is 12.5 Å². The summed E-state index contributed by atoms with van der Waals surface area (Å²) in [6, 6.07) is 3.99. The Bertz CT molecular complexity index is 1400. The van der Waals surface area contributed by atoms with Gasteiger partial charge in [0, 0.05) is 73.2 Å². The van der Waals surface area contributed by atoms with Crippen LogP contribution < -0.4 is 0 Å². The van der Waals surface area contributed by atoms with Crippen molar-refractivity contribution in [1.29, 1.82) is 0 Å². The maximum absolute atomic E-state index is 14.1. The lowest BCUT2D eigenvalue weighted by Gasteiger charge is -2.30. The second-order valence-corrected chi connectivity index (χ2v) is 16.3. The first kappa shape index (κ1) is 34.6. The van der Waals surface area contributed by atoms with E-state index in [1.54, 1.807) is 18.5 Å². The van der Waals surface area contributed by atoms with E-state index < -0.39 is 39.3 Å². The molecule has 2 aromatic rings. The third kappa shape index (κ3) is 8.42. The number of benzene rings is 1. The number of piperidine rings is 2. The fraction of sp³-hybridized carbons (Fsp3) is 0.710. The lowest BCUT2D eigenvalue weighted by atomic mass is 10.0. The summed E-state index contributed by atoms with van der Waals surface area (Å²) in [4.78, 5) is 4.40. The first-order valence-corrected chi connectivity index (χ1v) is 18.5. The van der Waals surface area contributed by atoms with E-state index >= 15 is 0 Å². The maximum atomic E-state index is 14.1. The molecule has 3 aliphatic heterocycles. The number of aliphatic hydroxyl groups excluding tert-OH is 1. The monoisotopic (exact) mass is 675 g/mol. The number of aromatic nitrogens is 2. The molecular weight excluding hydrogens is 630 g/mol. The molecule has 2 fully saturated rings. The van der Waals surface area contributed by atoms with Gasteiger partial charge in [-0.25, -0.2) is 12.8 Å². The van der Waals surface area contributed by atoms with Crippen molar-refractivity contribution in [3.63, 3.8) is 0 Å². The number of rotatable bonds is 11. The van der Waals surface area contributed by atoms with Crippen molar-refractivity contribution in [2.24, 2.45) is 0 Å². The molecule has 14 heteroatoms. The highest BCUT2D eigenvalue weighted by molar-refractivity contribution is 7.99. The van der Waals surface area contributed by atoms with Crippen molar-refractivity contribution in [2.45, 2.75) is 94.1 Å². The summed E-state index contributed by atoms with van der Waals surface area (Å²) in [6.45, 7) is 7.93. The highest BCUT2D eigenvalue weighted by atomic mass is 32.2. The van der Waals surface area contributed by atoms with E-state index in [9.17, 15) is 31.1 Å². The first-order chi connectivity index (χ1) is 21.3. The van der Waals surface area contributed by atoms with E-state index in [1.807, 2.05) is 0 Å². The summed E-state index contributed by atoms with van der Waals surface area (Å²) in [5.41, 5.74) is 1.67. The number of aliphatic hydroxyl groups is 1. The van der Waals surface area contributed by atoms with Crippen LogP contribution in [0.1, 0.15) is 62.8 Å². The largest absolute Gasteiger partial charge is 0.417 e. The zero-order chi connectivity index (χ0) is 32.4. The number of β-amino-alcohol motifs (C(OH)–C–C–N with tert-alkyl or cyclic N) is 1. The van der Waals surface area contributed by atoms with Gasteiger partial charge in [0.05, 0.1) is 29.2 Å². The van der Waals surface area contributed by atoms with E-state index in [-0.39, 0.29) is 24.5 Å². The molecule has 0 saturated carbocycles. The van der Waals surface area contributed by atoms with E-state index in [2.05, 4.69) is 9.80 Å². The summed E-state index contributed by atoms with van der Waals surface area (Å²) in [5.74, 6) is 0.416. The number of fused-ring (bicyclic) bond motifs is 1. The zero-order valence-electron chi connectivity index (χ0n) is 26.1. The van der Waals surface area contributed by atoms with Crippen molar-refractivity contribution in [1.82, 2.24) is 23.9 Å². The van der Waals surface area contributed by atoms with Gasteiger partial charge in [-0.3, -0.25) is 4.68 Å². The Hall–Kier alpha value is -1.71. The highest BCUT2D eigenvalue weighted by Gasteiger charge is 2.36. The average molecular weight is 676 g/mol. The third-order valence-electron chi connectivity index (χ3n) is 9.10. The van der Waals surface area contributed by atoms with Gasteiger partial charge in [0.1, 0.15) is 6.17 Å². The van der Waals surface area contributed by atoms with Crippen LogP contribution in [0.2, 0.25) is 0 Å². The highest BCUT2D eigenvalue weighted by Crippen LogP contribution is 2.40. The van der Waals surface area contributed by atoms with Crippen molar-refractivity contribution < 1.29 is 31.1 Å². The molecule has 0 radical (unpaired) electrons. The molecule has 4 heterocycles. The van der Waals surface area contributed by atoms with Gasteiger partial charge >= 0.3 is 6.18 Å². The summed E-state index contributed by atoms with van der Waals surface area (Å²) in [7, 11) is -3.58. The number of halogens is 4. The topological polar surface area (TPSA) is 81.9 Å². The average Bonchev–Trinajstić information content (AvgIpc) is 3.35. The molecule has 45 heavy (non-hydrogen) atoms. The Kier molecular flexibility index (Phi) is 11.2. The van der Waals surface area contributed by atoms with Crippen molar-refractivity contribution >= 4 is 21.8 Å². The second-order valence-electron chi connectivity index (χ2n) is 12.7. The number of nitrogens with zero attached hydrogens (tertiary/aromatic N) is 5. The number of sulfonamides is 1. The zero-order valence-corrected chi connectivity index (χ0v) is 27.7. The van der Waals surface area contributed by atoms with Gasteiger partial charge in [0.25, 0.3) is 0 Å². The Morgan fingerprint density at radius 3 is 2.40 bits per heavy atom. The summed E-state index contributed by atoms with van der Waals surface area (Å²) in [6.07, 6.45) is -1.41. The first-order valence-electron chi connectivity index (χ1n) is 16.0. The molecule has 1 atom stereocenters. The number of alkyl halides is 4. The minimum Gasteiger partial charge on any atom is -0.390 e. The van der Waals surface area contributed by atoms with Gasteiger partial charge in [-0.2, -0.15) is 22.6 Å². The van der Waals surface area contributed by atoms with Crippen LogP contribution in [0.4, 0.5) is 17.6 Å². The predicted octanol–water partition coefficient (Wildman–Crippen LogP) is 5.04. The van der Waals surface area contributed by atoms with Crippen LogP contribution >= 0.6 is 11.8 Å². The Balaban J connectivity index is 1.44. The van der Waals surface area contributed by atoms with Gasteiger partial charge in [-0.15, -0.1) is 11.8 Å². The Morgan fingerprint density at radius 2 is 1.73 bits per heavy atom. The van der Waals surface area contributed by atoms with Crippen LogP contribution in [0.3, 0.4) is 0 Å². The summed E-state index contributed by atoms with van der Waals surface area (Å²) >= 11 is 1.12. The van der Waals surface area contributed by atoms with Crippen LogP contribution in [0, 0.1) is 0 Å². The molecule has 0 amide bonds. The van der Waals surface area contributed by atoms with Crippen molar-refractivity contribution in [2.75, 3.05) is 51.6 Å².